The molecule has 0 saturated carbocycles. The van der Waals surface area contributed by atoms with E-state index < -0.39 is 12.1 Å². The first-order valence-corrected chi connectivity index (χ1v) is 34.8. The van der Waals surface area contributed by atoms with Crippen LogP contribution >= 0.6 is 0 Å². The summed E-state index contributed by atoms with van der Waals surface area (Å²) in [5, 5.41) is 23.2. The molecule has 75 heavy (non-hydrogen) atoms. The summed E-state index contributed by atoms with van der Waals surface area (Å²) < 4.78 is 5.50. The summed E-state index contributed by atoms with van der Waals surface area (Å²) in [7, 11) is 0. The summed E-state index contributed by atoms with van der Waals surface area (Å²) in [6.07, 6.45) is 78.8. The molecule has 0 aliphatic heterocycles. The molecular weight excluding hydrogens is 923 g/mol. The number of rotatable bonds is 66. The van der Waals surface area contributed by atoms with Gasteiger partial charge in [0.2, 0.25) is 5.91 Å². The van der Waals surface area contributed by atoms with Gasteiger partial charge in [0, 0.05) is 12.8 Å². The van der Waals surface area contributed by atoms with Crippen molar-refractivity contribution < 1.29 is 24.5 Å². The van der Waals surface area contributed by atoms with Gasteiger partial charge in [-0.2, -0.15) is 0 Å². The van der Waals surface area contributed by atoms with Gasteiger partial charge in [0.15, 0.2) is 0 Å². The summed E-state index contributed by atoms with van der Waals surface area (Å²) in [5.41, 5.74) is 0. The van der Waals surface area contributed by atoms with Crippen molar-refractivity contribution in [1.29, 1.82) is 0 Å². The van der Waals surface area contributed by atoms with Crippen molar-refractivity contribution in [3.8, 4) is 0 Å². The van der Waals surface area contributed by atoms with Crippen molar-refractivity contribution in [1.82, 2.24) is 5.32 Å². The minimum Gasteiger partial charge on any atom is -0.466 e. The molecule has 0 saturated heterocycles. The molecule has 0 aromatic heterocycles. The van der Waals surface area contributed by atoms with Crippen molar-refractivity contribution >= 4 is 11.9 Å². The number of ether oxygens (including phenoxy) is 1. The number of aliphatic hydroxyl groups excluding tert-OH is 2. The van der Waals surface area contributed by atoms with E-state index in [0.717, 1.165) is 38.5 Å². The van der Waals surface area contributed by atoms with Gasteiger partial charge in [-0.15, -0.1) is 0 Å². The van der Waals surface area contributed by atoms with Gasteiger partial charge in [0.1, 0.15) is 0 Å². The molecule has 0 rings (SSSR count). The zero-order valence-electron chi connectivity index (χ0n) is 51.3. The number of aliphatic hydroxyl groups is 2. The second kappa shape index (κ2) is 65.4. The summed E-state index contributed by atoms with van der Waals surface area (Å²) >= 11 is 0. The first-order chi connectivity index (χ1) is 37.0. The van der Waals surface area contributed by atoms with E-state index in [9.17, 15) is 19.8 Å². The van der Waals surface area contributed by atoms with Crippen LogP contribution in [0.25, 0.3) is 0 Å². The highest BCUT2D eigenvalue weighted by Gasteiger charge is 2.20. The Hall–Kier alpha value is -1.14. The van der Waals surface area contributed by atoms with Crippen LogP contribution in [0.2, 0.25) is 0 Å². The molecule has 0 aromatic rings. The highest BCUT2D eigenvalue weighted by Crippen LogP contribution is 2.19. The van der Waals surface area contributed by atoms with Crippen LogP contribution in [0.5, 0.6) is 0 Å². The number of amides is 1. The molecule has 2 atom stereocenters. The van der Waals surface area contributed by atoms with Crippen LogP contribution < -0.4 is 5.32 Å². The maximum Gasteiger partial charge on any atom is 0.305 e. The fraction of sp³-hybridized carbons (Fsp3) is 0.971. The molecule has 448 valence electrons. The van der Waals surface area contributed by atoms with Gasteiger partial charge < -0.3 is 20.3 Å². The minimum absolute atomic E-state index is 0.0249. The van der Waals surface area contributed by atoms with Crippen molar-refractivity contribution in [3.05, 3.63) is 0 Å². The predicted molar refractivity (Wildman–Crippen MR) is 329 cm³/mol. The van der Waals surface area contributed by atoms with Crippen LogP contribution in [0.15, 0.2) is 0 Å². The van der Waals surface area contributed by atoms with Gasteiger partial charge in [-0.05, 0) is 25.7 Å². The molecule has 6 nitrogen and oxygen atoms in total. The average Bonchev–Trinajstić information content (AvgIpc) is 3.41. The number of esters is 1. The Kier molecular flexibility index (Phi) is 64.4. The Morgan fingerprint density at radius 3 is 0.813 bits per heavy atom. The number of carbonyl (C=O) groups excluding carboxylic acids is 2. The third-order valence-corrected chi connectivity index (χ3v) is 16.7. The fourth-order valence-corrected chi connectivity index (χ4v) is 11.4. The summed E-state index contributed by atoms with van der Waals surface area (Å²) in [6.45, 7) is 4.99. The molecule has 3 N–H and O–H groups in total. The molecular formula is C69H137NO5. The molecule has 0 spiro atoms. The van der Waals surface area contributed by atoms with Gasteiger partial charge in [0.25, 0.3) is 0 Å². The van der Waals surface area contributed by atoms with Crippen LogP contribution in [0.1, 0.15) is 406 Å². The quantitative estimate of drug-likeness (QED) is 0.0417. The van der Waals surface area contributed by atoms with E-state index in [-0.39, 0.29) is 18.5 Å². The second-order valence-electron chi connectivity index (χ2n) is 24.2. The lowest BCUT2D eigenvalue weighted by Gasteiger charge is -2.22. The van der Waals surface area contributed by atoms with Crippen molar-refractivity contribution in [2.24, 2.45) is 0 Å². The van der Waals surface area contributed by atoms with Crippen LogP contribution in [0.4, 0.5) is 0 Å². The fourth-order valence-electron chi connectivity index (χ4n) is 11.4. The van der Waals surface area contributed by atoms with E-state index in [1.807, 2.05) is 0 Å². The number of hydrogen-bond acceptors (Lipinski definition) is 5. The van der Waals surface area contributed by atoms with E-state index in [0.29, 0.717) is 25.9 Å². The topological polar surface area (TPSA) is 95.9 Å². The average molecular weight is 1060 g/mol. The van der Waals surface area contributed by atoms with Crippen LogP contribution in [0.3, 0.4) is 0 Å². The third kappa shape index (κ3) is 61.9. The lowest BCUT2D eigenvalue weighted by atomic mass is 10.0. The van der Waals surface area contributed by atoms with E-state index in [4.69, 9.17) is 4.74 Å². The molecule has 0 radical (unpaired) electrons. The number of hydrogen-bond donors (Lipinski definition) is 3. The zero-order chi connectivity index (χ0) is 54.3. The third-order valence-electron chi connectivity index (χ3n) is 16.7. The maximum absolute atomic E-state index is 12.5. The predicted octanol–water partition coefficient (Wildman–Crippen LogP) is 22.2. The maximum atomic E-state index is 12.5. The lowest BCUT2D eigenvalue weighted by molar-refractivity contribution is -0.143. The molecule has 0 aliphatic rings. The lowest BCUT2D eigenvalue weighted by Crippen LogP contribution is -2.45. The Morgan fingerprint density at radius 2 is 0.547 bits per heavy atom. The number of carbonyl (C=O) groups is 2. The number of unbranched alkanes of at least 4 members (excludes halogenated alkanes) is 55. The SMILES string of the molecule is CCCCCCCCCCCCCCCCC(=O)OCCCCCCCCCCCCCCCCCCCCCCCCCCCCCCCCCCCC(=O)NC(CO)C(O)CCCCCCCCCCCCC. The van der Waals surface area contributed by atoms with E-state index >= 15 is 0 Å². The zero-order valence-corrected chi connectivity index (χ0v) is 51.3. The van der Waals surface area contributed by atoms with Crippen LogP contribution in [0, 0.1) is 0 Å². The van der Waals surface area contributed by atoms with Gasteiger partial charge >= 0.3 is 5.97 Å². The van der Waals surface area contributed by atoms with Gasteiger partial charge in [0.05, 0.1) is 25.4 Å². The molecule has 0 fully saturated rings. The van der Waals surface area contributed by atoms with Gasteiger partial charge in [-0.1, -0.05) is 367 Å². The Balaban J connectivity index is 3.27. The summed E-state index contributed by atoms with van der Waals surface area (Å²) in [5.74, 6) is -0.00363. The van der Waals surface area contributed by atoms with Gasteiger partial charge in [-0.3, -0.25) is 9.59 Å². The summed E-state index contributed by atoms with van der Waals surface area (Å²) in [6, 6.07) is -0.535. The van der Waals surface area contributed by atoms with E-state index in [2.05, 4.69) is 19.2 Å². The highest BCUT2D eigenvalue weighted by molar-refractivity contribution is 5.76. The first kappa shape index (κ1) is 73.9. The molecule has 1 amide bonds. The summed E-state index contributed by atoms with van der Waals surface area (Å²) in [4.78, 5) is 24.5. The Morgan fingerprint density at radius 1 is 0.320 bits per heavy atom. The largest absolute Gasteiger partial charge is 0.466 e. The second-order valence-corrected chi connectivity index (χ2v) is 24.2. The van der Waals surface area contributed by atoms with E-state index in [1.54, 1.807) is 0 Å². The smallest absolute Gasteiger partial charge is 0.305 e. The van der Waals surface area contributed by atoms with Crippen LogP contribution in [-0.4, -0.2) is 47.4 Å². The van der Waals surface area contributed by atoms with E-state index in [1.165, 1.54) is 334 Å². The van der Waals surface area contributed by atoms with Crippen molar-refractivity contribution in [2.45, 2.75) is 418 Å². The normalized spacial score (nSPS) is 12.4. The van der Waals surface area contributed by atoms with Crippen molar-refractivity contribution in [2.75, 3.05) is 13.2 Å². The molecule has 0 heterocycles. The van der Waals surface area contributed by atoms with Crippen LogP contribution in [-0.2, 0) is 14.3 Å². The Bertz CT molecular complexity index is 1080. The standard InChI is InChI=1S/C69H137NO5/c1-3-5-7-9-11-13-15-16-39-43-47-51-55-59-63-69(74)75-64-60-56-52-48-44-40-37-35-33-31-29-27-25-23-21-19-17-18-20-22-24-26-28-30-32-34-36-38-42-46-50-54-58-62-68(73)70-66(65-71)67(72)61-57-53-49-45-41-14-12-10-8-6-4-2/h66-67,71-72H,3-65H2,1-2H3,(H,70,73). The monoisotopic (exact) mass is 1060 g/mol. The first-order valence-electron chi connectivity index (χ1n) is 34.8. The molecule has 2 unspecified atom stereocenters. The molecule has 0 aliphatic carbocycles. The van der Waals surface area contributed by atoms with Gasteiger partial charge in [-0.25, -0.2) is 0 Å². The number of nitrogens with one attached hydrogen (secondary N) is 1. The molecule has 6 heteroatoms. The highest BCUT2D eigenvalue weighted by atomic mass is 16.5. The molecule has 0 bridgehead atoms. The molecule has 0 aromatic carbocycles. The van der Waals surface area contributed by atoms with Crippen molar-refractivity contribution in [3.63, 3.8) is 0 Å². The Labute approximate surface area is 470 Å². The minimum atomic E-state index is -0.658.